The van der Waals surface area contributed by atoms with Crippen LogP contribution in [0.15, 0.2) is 47.4 Å². The zero-order chi connectivity index (χ0) is 17.4. The second-order valence-corrected chi connectivity index (χ2v) is 8.61. The zero-order valence-corrected chi connectivity index (χ0v) is 15.0. The van der Waals surface area contributed by atoms with Gasteiger partial charge in [-0.2, -0.15) is 4.31 Å². The van der Waals surface area contributed by atoms with Gasteiger partial charge in [-0.3, -0.25) is 0 Å². The first-order valence-corrected chi connectivity index (χ1v) is 9.95. The fraction of sp³-hybridized carbons (Fsp3) is 0.368. The molecule has 0 N–H and O–H groups in total. The van der Waals surface area contributed by atoms with E-state index in [1.54, 1.807) is 13.1 Å². The molecule has 1 heterocycles. The van der Waals surface area contributed by atoms with Crippen molar-refractivity contribution < 1.29 is 17.9 Å². The molecular weight excluding hydrogens is 338 g/mol. The number of nitrogens with zero attached hydrogens (tertiary/aromatic N) is 1. The van der Waals surface area contributed by atoms with E-state index in [1.165, 1.54) is 9.87 Å². The molecule has 25 heavy (non-hydrogen) atoms. The Hall–Kier alpha value is -2.05. The van der Waals surface area contributed by atoms with E-state index in [-0.39, 0.29) is 12.6 Å². The van der Waals surface area contributed by atoms with E-state index in [0.29, 0.717) is 23.0 Å². The molecule has 0 amide bonds. The Kier molecular flexibility index (Phi) is 4.17. The highest BCUT2D eigenvalue weighted by molar-refractivity contribution is 7.89. The first-order valence-electron chi connectivity index (χ1n) is 8.51. The topological polar surface area (TPSA) is 55.8 Å². The molecule has 0 aromatic heterocycles. The maximum absolute atomic E-state index is 12.9. The van der Waals surface area contributed by atoms with Crippen LogP contribution in [-0.2, 0) is 22.9 Å². The lowest BCUT2D eigenvalue weighted by Gasteiger charge is -2.29. The molecule has 2 aromatic rings. The lowest BCUT2D eigenvalue weighted by atomic mass is 10.1. The number of rotatable bonds is 4. The molecule has 132 valence electrons. The highest BCUT2D eigenvalue weighted by Crippen LogP contribution is 2.31. The number of benzene rings is 2. The average Bonchev–Trinajstić information content (AvgIpc) is 3.09. The second-order valence-electron chi connectivity index (χ2n) is 6.57. The van der Waals surface area contributed by atoms with Crippen molar-refractivity contribution in [1.29, 1.82) is 0 Å². The Labute approximate surface area is 148 Å². The Balaban J connectivity index is 1.50. The normalized spacial score (nSPS) is 19.0. The fourth-order valence-electron chi connectivity index (χ4n) is 3.43. The summed E-state index contributed by atoms with van der Waals surface area (Å²) in [4.78, 5) is 0.354. The van der Waals surface area contributed by atoms with Crippen LogP contribution in [-0.4, -0.2) is 39.0 Å². The number of fused-ring (bicyclic) bond motifs is 2. The number of likely N-dealkylation sites (N-methyl/N-ethyl adjacent to an activating group) is 1. The molecule has 6 heteroatoms. The summed E-state index contributed by atoms with van der Waals surface area (Å²) < 4.78 is 38.7. The number of para-hydroxylation sites is 2. The van der Waals surface area contributed by atoms with Crippen molar-refractivity contribution in [3.05, 3.63) is 53.6 Å². The van der Waals surface area contributed by atoms with Gasteiger partial charge >= 0.3 is 0 Å². The van der Waals surface area contributed by atoms with Crippen molar-refractivity contribution in [3.8, 4) is 11.5 Å². The summed E-state index contributed by atoms with van der Waals surface area (Å²) in [5.74, 6) is 1.35. The van der Waals surface area contributed by atoms with Gasteiger partial charge in [0.15, 0.2) is 11.5 Å². The number of hydrogen-bond donors (Lipinski definition) is 0. The number of ether oxygens (including phenoxy) is 2. The molecule has 2 aromatic carbocycles. The molecule has 1 aliphatic heterocycles. The van der Waals surface area contributed by atoms with E-state index >= 15 is 0 Å². The van der Waals surface area contributed by atoms with Gasteiger partial charge in [0.2, 0.25) is 10.0 Å². The molecule has 0 unspecified atom stereocenters. The van der Waals surface area contributed by atoms with Crippen LogP contribution in [0.25, 0.3) is 0 Å². The molecule has 0 fully saturated rings. The minimum atomic E-state index is -3.54. The Morgan fingerprint density at radius 2 is 1.84 bits per heavy atom. The lowest BCUT2D eigenvalue weighted by Crippen LogP contribution is -2.41. The monoisotopic (exact) mass is 359 g/mol. The van der Waals surface area contributed by atoms with Crippen molar-refractivity contribution >= 4 is 10.0 Å². The van der Waals surface area contributed by atoms with Gasteiger partial charge in [0.25, 0.3) is 0 Å². The maximum atomic E-state index is 12.9. The van der Waals surface area contributed by atoms with Crippen LogP contribution < -0.4 is 9.47 Å². The molecule has 0 saturated carbocycles. The average molecular weight is 359 g/mol. The van der Waals surface area contributed by atoms with Crippen LogP contribution in [0.2, 0.25) is 0 Å². The number of sulfonamides is 1. The molecule has 2 aliphatic rings. The summed E-state index contributed by atoms with van der Waals surface area (Å²) >= 11 is 0. The summed E-state index contributed by atoms with van der Waals surface area (Å²) in [6, 6.07) is 12.9. The minimum Gasteiger partial charge on any atom is -0.486 e. The SMILES string of the molecule is CN(C[C@H]1COc2ccccc2O1)S(=O)(=O)c1ccc2c(c1)CCC2. The van der Waals surface area contributed by atoms with Crippen molar-refractivity contribution in [2.45, 2.75) is 30.3 Å². The quantitative estimate of drug-likeness (QED) is 0.842. The predicted octanol–water partition coefficient (Wildman–Crippen LogP) is 2.64. The smallest absolute Gasteiger partial charge is 0.242 e. The van der Waals surface area contributed by atoms with Gasteiger partial charge in [-0.05, 0) is 54.7 Å². The van der Waals surface area contributed by atoms with E-state index in [2.05, 4.69) is 0 Å². The van der Waals surface area contributed by atoms with E-state index in [0.717, 1.165) is 24.8 Å². The molecule has 0 saturated heterocycles. The van der Waals surface area contributed by atoms with Gasteiger partial charge in [0.1, 0.15) is 12.7 Å². The third kappa shape index (κ3) is 3.12. The Morgan fingerprint density at radius 3 is 2.68 bits per heavy atom. The van der Waals surface area contributed by atoms with E-state index < -0.39 is 10.0 Å². The standard InChI is InChI=1S/C19H21NO4S/c1-20(12-16-13-23-18-7-2-3-8-19(18)24-16)25(21,22)17-10-9-14-5-4-6-15(14)11-17/h2-3,7-11,16H,4-6,12-13H2,1H3/t16-/m0/s1. The molecule has 0 radical (unpaired) electrons. The maximum Gasteiger partial charge on any atom is 0.242 e. The van der Waals surface area contributed by atoms with Crippen molar-refractivity contribution in [1.82, 2.24) is 4.31 Å². The predicted molar refractivity (Wildman–Crippen MR) is 94.6 cm³/mol. The summed E-state index contributed by atoms with van der Waals surface area (Å²) in [7, 11) is -1.95. The van der Waals surface area contributed by atoms with Crippen LogP contribution in [0, 0.1) is 0 Å². The molecule has 1 aliphatic carbocycles. The van der Waals surface area contributed by atoms with E-state index in [9.17, 15) is 8.42 Å². The number of hydrogen-bond acceptors (Lipinski definition) is 4. The third-order valence-electron chi connectivity index (χ3n) is 4.81. The summed E-state index contributed by atoms with van der Waals surface area (Å²) in [6.07, 6.45) is 2.77. The Bertz CT molecular complexity index is 894. The summed E-state index contributed by atoms with van der Waals surface area (Å²) in [5, 5.41) is 0. The van der Waals surface area contributed by atoms with Gasteiger partial charge in [-0.25, -0.2) is 8.42 Å². The van der Waals surface area contributed by atoms with Gasteiger partial charge in [-0.15, -0.1) is 0 Å². The Morgan fingerprint density at radius 1 is 1.08 bits per heavy atom. The van der Waals surface area contributed by atoms with Gasteiger partial charge in [-0.1, -0.05) is 18.2 Å². The lowest BCUT2D eigenvalue weighted by molar-refractivity contribution is 0.0798. The van der Waals surface area contributed by atoms with Crippen molar-refractivity contribution in [2.24, 2.45) is 0 Å². The van der Waals surface area contributed by atoms with Crippen LogP contribution in [0.1, 0.15) is 17.5 Å². The van der Waals surface area contributed by atoms with Gasteiger partial charge in [0.05, 0.1) is 11.4 Å². The zero-order valence-electron chi connectivity index (χ0n) is 14.1. The molecule has 0 bridgehead atoms. The highest BCUT2D eigenvalue weighted by Gasteiger charge is 2.28. The van der Waals surface area contributed by atoms with Crippen molar-refractivity contribution in [3.63, 3.8) is 0 Å². The fourth-order valence-corrected chi connectivity index (χ4v) is 4.68. The molecule has 0 spiro atoms. The van der Waals surface area contributed by atoms with E-state index in [4.69, 9.17) is 9.47 Å². The van der Waals surface area contributed by atoms with Gasteiger partial charge in [0, 0.05) is 7.05 Å². The molecule has 5 nitrogen and oxygen atoms in total. The largest absolute Gasteiger partial charge is 0.486 e. The second kappa shape index (κ2) is 6.35. The van der Waals surface area contributed by atoms with E-state index in [1.807, 2.05) is 36.4 Å². The third-order valence-corrected chi connectivity index (χ3v) is 6.63. The van der Waals surface area contributed by atoms with Crippen LogP contribution in [0.3, 0.4) is 0 Å². The minimum absolute atomic E-state index is 0.244. The molecule has 4 rings (SSSR count). The first-order chi connectivity index (χ1) is 12.0. The van der Waals surface area contributed by atoms with Crippen LogP contribution >= 0.6 is 0 Å². The van der Waals surface area contributed by atoms with Gasteiger partial charge < -0.3 is 9.47 Å². The molecule has 1 atom stereocenters. The van der Waals surface area contributed by atoms with Crippen LogP contribution in [0.5, 0.6) is 11.5 Å². The van der Waals surface area contributed by atoms with Crippen LogP contribution in [0.4, 0.5) is 0 Å². The van der Waals surface area contributed by atoms with Crippen molar-refractivity contribution in [2.75, 3.05) is 20.2 Å². The first kappa shape index (κ1) is 16.4. The summed E-state index contributed by atoms with van der Waals surface area (Å²) in [5.41, 5.74) is 2.42. The number of aryl methyl sites for hydroxylation is 2. The molecular formula is C19H21NO4S. The highest BCUT2D eigenvalue weighted by atomic mass is 32.2. The summed E-state index contributed by atoms with van der Waals surface area (Å²) in [6.45, 7) is 0.578.